The lowest BCUT2D eigenvalue weighted by Crippen LogP contribution is -2.43. The van der Waals surface area contributed by atoms with Crippen LogP contribution in [0, 0.1) is 0 Å². The maximum atomic E-state index is 13.0. The van der Waals surface area contributed by atoms with Crippen LogP contribution in [0.3, 0.4) is 0 Å². The van der Waals surface area contributed by atoms with Crippen LogP contribution in [0.15, 0.2) is 18.2 Å². The van der Waals surface area contributed by atoms with Crippen molar-refractivity contribution in [2.24, 2.45) is 0 Å². The zero-order chi connectivity index (χ0) is 15.6. The van der Waals surface area contributed by atoms with Gasteiger partial charge in [-0.3, -0.25) is 0 Å². The fourth-order valence-electron chi connectivity index (χ4n) is 2.92. The Morgan fingerprint density at radius 1 is 1.24 bits per heavy atom. The molecule has 21 heavy (non-hydrogen) atoms. The highest BCUT2D eigenvalue weighted by Gasteiger charge is 2.34. The number of benzene rings is 1. The molecule has 0 saturated heterocycles. The zero-order valence-electron chi connectivity index (χ0n) is 11.9. The number of alkyl halides is 3. The van der Waals surface area contributed by atoms with E-state index in [0.29, 0.717) is 12.1 Å². The average molecular weight is 303 g/mol. The van der Waals surface area contributed by atoms with Gasteiger partial charge in [-0.2, -0.15) is 13.2 Å². The Morgan fingerprint density at radius 2 is 1.90 bits per heavy atom. The third-order valence-corrected chi connectivity index (χ3v) is 4.17. The molecule has 3 nitrogen and oxygen atoms in total. The van der Waals surface area contributed by atoms with E-state index >= 15 is 0 Å². The summed E-state index contributed by atoms with van der Waals surface area (Å²) in [5.41, 5.74) is -0.547. The molecule has 1 aliphatic rings. The Morgan fingerprint density at radius 3 is 2.48 bits per heavy atom. The van der Waals surface area contributed by atoms with Crippen molar-refractivity contribution in [2.75, 3.05) is 11.9 Å². The predicted molar refractivity (Wildman–Crippen MR) is 74.0 cm³/mol. The van der Waals surface area contributed by atoms with E-state index in [1.807, 2.05) is 0 Å². The van der Waals surface area contributed by atoms with Crippen molar-refractivity contribution in [3.63, 3.8) is 0 Å². The molecule has 6 heteroatoms. The van der Waals surface area contributed by atoms with Crippen LogP contribution in [-0.2, 0) is 12.8 Å². The van der Waals surface area contributed by atoms with Crippen LogP contribution in [0.25, 0.3) is 0 Å². The highest BCUT2D eigenvalue weighted by molar-refractivity contribution is 5.52. The van der Waals surface area contributed by atoms with Crippen molar-refractivity contribution in [2.45, 2.75) is 50.6 Å². The number of hydrogen-bond acceptors (Lipinski definition) is 3. The van der Waals surface area contributed by atoms with Gasteiger partial charge in [-0.05, 0) is 30.5 Å². The first kappa shape index (κ1) is 16.1. The molecular weight excluding hydrogens is 283 g/mol. The fourth-order valence-corrected chi connectivity index (χ4v) is 2.92. The van der Waals surface area contributed by atoms with Crippen molar-refractivity contribution in [3.8, 4) is 0 Å². The highest BCUT2D eigenvalue weighted by atomic mass is 19.4. The van der Waals surface area contributed by atoms with E-state index < -0.39 is 24.5 Å². The molecule has 1 aliphatic carbocycles. The second-order valence-electron chi connectivity index (χ2n) is 5.53. The van der Waals surface area contributed by atoms with Crippen molar-refractivity contribution in [1.29, 1.82) is 0 Å². The summed E-state index contributed by atoms with van der Waals surface area (Å²) in [6, 6.07) is 3.73. The van der Waals surface area contributed by atoms with Crippen LogP contribution < -0.4 is 4.90 Å². The quantitative estimate of drug-likeness (QED) is 0.902. The molecule has 0 radical (unpaired) electrons. The van der Waals surface area contributed by atoms with E-state index in [4.69, 9.17) is 5.11 Å². The molecule has 1 saturated carbocycles. The van der Waals surface area contributed by atoms with Crippen LogP contribution in [0.1, 0.15) is 36.8 Å². The number of likely N-dealkylation sites (N-methyl/N-ethyl adjacent to an activating group) is 1. The van der Waals surface area contributed by atoms with Gasteiger partial charge in [0.05, 0.1) is 24.3 Å². The summed E-state index contributed by atoms with van der Waals surface area (Å²) in [6.45, 7) is -0.648. The fraction of sp³-hybridized carbons (Fsp3) is 0.600. The Kier molecular flexibility index (Phi) is 4.78. The molecule has 1 aromatic carbocycles. The van der Waals surface area contributed by atoms with Crippen LogP contribution in [0.5, 0.6) is 0 Å². The Bertz CT molecular complexity index is 490. The number of hydrogen-bond donors (Lipinski definition) is 2. The number of aliphatic hydroxyl groups is 2. The van der Waals surface area contributed by atoms with Gasteiger partial charge in [-0.15, -0.1) is 0 Å². The smallest absolute Gasteiger partial charge is 0.392 e. The van der Waals surface area contributed by atoms with Crippen molar-refractivity contribution in [1.82, 2.24) is 0 Å². The van der Waals surface area contributed by atoms with E-state index in [0.717, 1.165) is 25.3 Å². The largest absolute Gasteiger partial charge is 0.416 e. The normalized spacial score (nSPS) is 23.1. The van der Waals surface area contributed by atoms with E-state index in [9.17, 15) is 18.3 Å². The summed E-state index contributed by atoms with van der Waals surface area (Å²) >= 11 is 0. The minimum absolute atomic E-state index is 0.135. The lowest BCUT2D eigenvalue weighted by atomic mass is 9.91. The minimum Gasteiger partial charge on any atom is -0.392 e. The SMILES string of the molecule is CN(c1ccc(CO)c(C(F)(F)F)c1)C1CCCCC1O. The molecule has 118 valence electrons. The van der Waals surface area contributed by atoms with Gasteiger partial charge in [0.2, 0.25) is 0 Å². The van der Waals surface area contributed by atoms with Gasteiger partial charge in [0, 0.05) is 12.7 Å². The van der Waals surface area contributed by atoms with E-state index in [2.05, 4.69) is 0 Å². The third-order valence-electron chi connectivity index (χ3n) is 4.17. The molecule has 0 spiro atoms. The van der Waals surface area contributed by atoms with Gasteiger partial charge in [0.1, 0.15) is 0 Å². The molecular formula is C15H20F3NO2. The zero-order valence-corrected chi connectivity index (χ0v) is 11.9. The summed E-state index contributed by atoms with van der Waals surface area (Å²) in [6.07, 6.45) is -1.66. The molecule has 2 atom stereocenters. The molecule has 2 N–H and O–H groups in total. The Labute approximate surface area is 122 Å². The highest BCUT2D eigenvalue weighted by Crippen LogP contribution is 2.36. The summed E-state index contributed by atoms with van der Waals surface area (Å²) in [5, 5.41) is 19.1. The summed E-state index contributed by atoms with van der Waals surface area (Å²) in [5.74, 6) is 0. The number of anilines is 1. The summed E-state index contributed by atoms with van der Waals surface area (Å²) < 4.78 is 39.1. The first-order valence-corrected chi connectivity index (χ1v) is 7.06. The van der Waals surface area contributed by atoms with E-state index in [1.54, 1.807) is 18.0 Å². The van der Waals surface area contributed by atoms with Crippen molar-refractivity contribution in [3.05, 3.63) is 29.3 Å². The van der Waals surface area contributed by atoms with Gasteiger partial charge in [0.15, 0.2) is 0 Å². The van der Waals surface area contributed by atoms with Crippen LogP contribution >= 0.6 is 0 Å². The van der Waals surface area contributed by atoms with E-state index in [1.165, 1.54) is 6.07 Å². The summed E-state index contributed by atoms with van der Waals surface area (Å²) in [4.78, 5) is 1.71. The first-order valence-electron chi connectivity index (χ1n) is 7.06. The first-order chi connectivity index (χ1) is 9.84. The molecule has 1 aromatic rings. The standard InChI is InChI=1S/C15H20F3NO2/c1-19(13-4-2-3-5-14(13)21)11-7-6-10(9-20)12(8-11)15(16,17)18/h6-8,13-14,20-21H,2-5,9H2,1H3. The molecule has 2 rings (SSSR count). The Hall–Kier alpha value is -1.27. The van der Waals surface area contributed by atoms with Crippen LogP contribution in [0.4, 0.5) is 18.9 Å². The molecule has 0 aliphatic heterocycles. The second kappa shape index (κ2) is 6.23. The molecule has 1 fully saturated rings. The lowest BCUT2D eigenvalue weighted by Gasteiger charge is -2.37. The number of aliphatic hydroxyl groups excluding tert-OH is 2. The minimum atomic E-state index is -4.50. The topological polar surface area (TPSA) is 43.7 Å². The van der Waals surface area contributed by atoms with Gasteiger partial charge in [0.25, 0.3) is 0 Å². The van der Waals surface area contributed by atoms with Crippen LogP contribution in [0.2, 0.25) is 0 Å². The second-order valence-corrected chi connectivity index (χ2v) is 5.53. The van der Waals surface area contributed by atoms with Crippen LogP contribution in [-0.4, -0.2) is 29.4 Å². The number of nitrogens with zero attached hydrogens (tertiary/aromatic N) is 1. The molecule has 0 bridgehead atoms. The molecule has 0 heterocycles. The van der Waals surface area contributed by atoms with Gasteiger partial charge in [-0.1, -0.05) is 18.9 Å². The number of rotatable bonds is 3. The van der Waals surface area contributed by atoms with Crippen molar-refractivity contribution < 1.29 is 23.4 Å². The predicted octanol–water partition coefficient (Wildman–Crippen LogP) is 2.94. The molecule has 0 amide bonds. The van der Waals surface area contributed by atoms with Gasteiger partial charge >= 0.3 is 6.18 Å². The van der Waals surface area contributed by atoms with Gasteiger partial charge in [-0.25, -0.2) is 0 Å². The monoisotopic (exact) mass is 303 g/mol. The third kappa shape index (κ3) is 3.49. The number of halogens is 3. The molecule has 2 unspecified atom stereocenters. The molecule has 0 aromatic heterocycles. The maximum Gasteiger partial charge on any atom is 0.416 e. The Balaban J connectivity index is 2.31. The lowest BCUT2D eigenvalue weighted by molar-refractivity contribution is -0.138. The summed E-state index contributed by atoms with van der Waals surface area (Å²) in [7, 11) is 1.70. The van der Waals surface area contributed by atoms with Gasteiger partial charge < -0.3 is 15.1 Å². The van der Waals surface area contributed by atoms with Crippen molar-refractivity contribution >= 4 is 5.69 Å². The van der Waals surface area contributed by atoms with E-state index in [-0.39, 0.29) is 11.6 Å². The average Bonchev–Trinajstić information content (AvgIpc) is 2.45. The maximum absolute atomic E-state index is 13.0.